The second-order valence-corrected chi connectivity index (χ2v) is 4.22. The van der Waals surface area contributed by atoms with Gasteiger partial charge in [-0.2, -0.15) is 4.98 Å². The zero-order valence-corrected chi connectivity index (χ0v) is 11.2. The highest BCUT2D eigenvalue weighted by Gasteiger charge is 2.25. The van der Waals surface area contributed by atoms with Crippen LogP contribution in [0, 0.1) is 17.0 Å². The minimum atomic E-state index is -0.664. The van der Waals surface area contributed by atoms with Gasteiger partial charge in [0.05, 0.1) is 4.92 Å². The molecule has 0 saturated heterocycles. The summed E-state index contributed by atoms with van der Waals surface area (Å²) >= 11 is 0. The van der Waals surface area contributed by atoms with Gasteiger partial charge in [0.2, 0.25) is 17.7 Å². The lowest BCUT2D eigenvalue weighted by atomic mass is 10.2. The SMILES string of the molecule is Cc1nc(N)nc(NC(C)C(=O)N(C)C)c1[N+](=O)[O-]. The third-order valence-corrected chi connectivity index (χ3v) is 2.42. The number of aryl methyl sites for hydroxylation is 1. The number of carbonyl (C=O) groups excluding carboxylic acids is 1. The molecule has 0 spiro atoms. The van der Waals surface area contributed by atoms with E-state index in [1.165, 1.54) is 11.8 Å². The van der Waals surface area contributed by atoms with Crippen molar-refractivity contribution >= 4 is 23.4 Å². The summed E-state index contributed by atoms with van der Waals surface area (Å²) in [6.45, 7) is 3.04. The van der Waals surface area contributed by atoms with E-state index in [1.54, 1.807) is 21.0 Å². The molecule has 1 heterocycles. The van der Waals surface area contributed by atoms with Gasteiger partial charge in [-0.15, -0.1) is 0 Å². The summed E-state index contributed by atoms with van der Waals surface area (Å²) in [6, 6.07) is -0.664. The quantitative estimate of drug-likeness (QED) is 0.588. The van der Waals surface area contributed by atoms with Gasteiger partial charge in [-0.05, 0) is 13.8 Å². The first-order valence-electron chi connectivity index (χ1n) is 5.50. The van der Waals surface area contributed by atoms with Crippen LogP contribution in [0.1, 0.15) is 12.6 Å². The van der Waals surface area contributed by atoms with Crippen molar-refractivity contribution in [2.75, 3.05) is 25.1 Å². The maximum absolute atomic E-state index is 11.7. The molecule has 0 fully saturated rings. The van der Waals surface area contributed by atoms with E-state index in [2.05, 4.69) is 15.3 Å². The maximum atomic E-state index is 11.7. The van der Waals surface area contributed by atoms with Crippen LogP contribution in [0.25, 0.3) is 0 Å². The number of likely N-dealkylation sites (N-methyl/N-ethyl adjacent to an activating group) is 1. The molecule has 104 valence electrons. The average Bonchev–Trinajstić information content (AvgIpc) is 2.25. The van der Waals surface area contributed by atoms with E-state index in [9.17, 15) is 14.9 Å². The van der Waals surface area contributed by atoms with Gasteiger partial charge in [-0.3, -0.25) is 14.9 Å². The molecule has 3 N–H and O–H groups in total. The Hall–Kier alpha value is -2.45. The number of nitrogens with one attached hydrogen (secondary N) is 1. The summed E-state index contributed by atoms with van der Waals surface area (Å²) in [4.78, 5) is 31.0. The average molecular weight is 268 g/mol. The fraction of sp³-hybridized carbons (Fsp3) is 0.500. The van der Waals surface area contributed by atoms with Crippen molar-refractivity contribution in [2.24, 2.45) is 0 Å². The van der Waals surface area contributed by atoms with Crippen LogP contribution in [0.3, 0.4) is 0 Å². The molecule has 1 aromatic rings. The third-order valence-electron chi connectivity index (χ3n) is 2.42. The Kier molecular flexibility index (Phi) is 4.20. The molecule has 1 unspecified atom stereocenters. The van der Waals surface area contributed by atoms with E-state index in [0.29, 0.717) is 0 Å². The number of nitro groups is 1. The Balaban J connectivity index is 3.13. The Morgan fingerprint density at radius 3 is 2.53 bits per heavy atom. The number of nitrogens with zero attached hydrogens (tertiary/aromatic N) is 4. The fourth-order valence-corrected chi connectivity index (χ4v) is 1.56. The summed E-state index contributed by atoms with van der Waals surface area (Å²) in [7, 11) is 3.18. The molecule has 1 amide bonds. The van der Waals surface area contributed by atoms with Crippen molar-refractivity contribution in [3.8, 4) is 0 Å². The van der Waals surface area contributed by atoms with Crippen LogP contribution in [0.2, 0.25) is 0 Å². The number of carbonyl (C=O) groups is 1. The molecule has 19 heavy (non-hydrogen) atoms. The lowest BCUT2D eigenvalue weighted by molar-refractivity contribution is -0.385. The Labute approximate surface area is 110 Å². The number of hydrogen-bond donors (Lipinski definition) is 2. The number of rotatable bonds is 4. The first-order valence-corrected chi connectivity index (χ1v) is 5.50. The summed E-state index contributed by atoms with van der Waals surface area (Å²) in [5.41, 5.74) is 5.32. The monoisotopic (exact) mass is 268 g/mol. The summed E-state index contributed by atoms with van der Waals surface area (Å²) in [5, 5.41) is 13.7. The van der Waals surface area contributed by atoms with Gasteiger partial charge in [0, 0.05) is 14.1 Å². The second kappa shape index (κ2) is 5.46. The van der Waals surface area contributed by atoms with E-state index >= 15 is 0 Å². The molecule has 0 aliphatic carbocycles. The third kappa shape index (κ3) is 3.27. The lowest BCUT2D eigenvalue weighted by Gasteiger charge is -2.18. The summed E-state index contributed by atoms with van der Waals surface area (Å²) < 4.78 is 0. The second-order valence-electron chi connectivity index (χ2n) is 4.22. The molecule has 0 radical (unpaired) electrons. The molecule has 1 atom stereocenters. The van der Waals surface area contributed by atoms with Crippen LogP contribution in [0.5, 0.6) is 0 Å². The number of nitrogen functional groups attached to an aromatic ring is 1. The van der Waals surface area contributed by atoms with Gasteiger partial charge in [0.1, 0.15) is 11.7 Å². The van der Waals surface area contributed by atoms with E-state index in [1.807, 2.05) is 0 Å². The van der Waals surface area contributed by atoms with Crippen molar-refractivity contribution in [2.45, 2.75) is 19.9 Å². The number of nitrogens with two attached hydrogens (primary N) is 1. The molecule has 1 aromatic heterocycles. The van der Waals surface area contributed by atoms with E-state index < -0.39 is 11.0 Å². The van der Waals surface area contributed by atoms with Crippen LogP contribution < -0.4 is 11.1 Å². The van der Waals surface area contributed by atoms with Crippen LogP contribution in [0.4, 0.5) is 17.5 Å². The molecule has 0 saturated carbocycles. The van der Waals surface area contributed by atoms with Crippen LogP contribution in [-0.2, 0) is 4.79 Å². The van der Waals surface area contributed by atoms with Gasteiger partial charge in [0.25, 0.3) is 0 Å². The minimum Gasteiger partial charge on any atom is -0.368 e. The van der Waals surface area contributed by atoms with Crippen molar-refractivity contribution in [1.82, 2.24) is 14.9 Å². The number of amides is 1. The molecule has 0 aliphatic heterocycles. The first kappa shape index (κ1) is 14.6. The minimum absolute atomic E-state index is 0.0577. The molecule has 9 heteroatoms. The van der Waals surface area contributed by atoms with Gasteiger partial charge in [-0.25, -0.2) is 4.98 Å². The molecule has 0 aromatic carbocycles. The lowest BCUT2D eigenvalue weighted by Crippen LogP contribution is -2.37. The largest absolute Gasteiger partial charge is 0.368 e. The van der Waals surface area contributed by atoms with Gasteiger partial charge >= 0.3 is 5.69 Å². The first-order chi connectivity index (χ1) is 8.73. The van der Waals surface area contributed by atoms with Crippen LogP contribution >= 0.6 is 0 Å². The van der Waals surface area contributed by atoms with Crippen molar-refractivity contribution in [3.05, 3.63) is 15.8 Å². The van der Waals surface area contributed by atoms with Crippen LogP contribution in [0.15, 0.2) is 0 Å². The number of hydrogen-bond acceptors (Lipinski definition) is 7. The zero-order chi connectivity index (χ0) is 14.7. The Bertz CT molecular complexity index is 516. The summed E-state index contributed by atoms with van der Waals surface area (Å²) in [6.07, 6.45) is 0. The Morgan fingerprint density at radius 1 is 1.47 bits per heavy atom. The topological polar surface area (TPSA) is 127 Å². The Morgan fingerprint density at radius 2 is 2.05 bits per heavy atom. The standard InChI is InChI=1S/C10H16N6O3/c1-5-7(16(18)19)8(14-10(11)13-5)12-6(2)9(17)15(3)4/h6H,1-4H3,(H3,11,12,13,14). The zero-order valence-electron chi connectivity index (χ0n) is 11.2. The fourth-order valence-electron chi connectivity index (χ4n) is 1.56. The highest BCUT2D eigenvalue weighted by molar-refractivity contribution is 5.84. The summed E-state index contributed by atoms with van der Waals surface area (Å²) in [5.74, 6) is -0.378. The smallest absolute Gasteiger partial charge is 0.332 e. The van der Waals surface area contributed by atoms with Gasteiger partial charge in [0.15, 0.2) is 0 Å². The van der Waals surface area contributed by atoms with Crippen molar-refractivity contribution in [3.63, 3.8) is 0 Å². The van der Waals surface area contributed by atoms with E-state index in [-0.39, 0.29) is 29.1 Å². The van der Waals surface area contributed by atoms with Crippen molar-refractivity contribution in [1.29, 1.82) is 0 Å². The normalized spacial score (nSPS) is 11.8. The maximum Gasteiger partial charge on any atom is 0.332 e. The van der Waals surface area contributed by atoms with Gasteiger partial charge < -0.3 is 16.0 Å². The molecular weight excluding hydrogens is 252 g/mol. The van der Waals surface area contributed by atoms with Gasteiger partial charge in [-0.1, -0.05) is 0 Å². The number of anilines is 2. The molecule has 0 aliphatic rings. The highest BCUT2D eigenvalue weighted by atomic mass is 16.6. The molecule has 1 rings (SSSR count). The highest BCUT2D eigenvalue weighted by Crippen LogP contribution is 2.26. The number of aromatic nitrogens is 2. The van der Waals surface area contributed by atoms with E-state index in [0.717, 1.165) is 0 Å². The molecular formula is C10H16N6O3. The van der Waals surface area contributed by atoms with Crippen molar-refractivity contribution < 1.29 is 9.72 Å². The van der Waals surface area contributed by atoms with E-state index in [4.69, 9.17) is 5.73 Å². The molecule has 0 bridgehead atoms. The van der Waals surface area contributed by atoms with Crippen LogP contribution in [-0.4, -0.2) is 45.8 Å². The predicted octanol–water partition coefficient (Wildman–Crippen LogP) is 0.164. The molecule has 9 nitrogen and oxygen atoms in total. The predicted molar refractivity (Wildman–Crippen MR) is 69.6 cm³/mol.